The first-order valence-corrected chi connectivity index (χ1v) is 8.48. The summed E-state index contributed by atoms with van der Waals surface area (Å²) in [6, 6.07) is 9.91. The van der Waals surface area contributed by atoms with Crippen LogP contribution in [0.4, 0.5) is 0 Å². The molecule has 0 aliphatic heterocycles. The molecule has 0 unspecified atom stereocenters. The molecule has 0 saturated heterocycles. The quantitative estimate of drug-likeness (QED) is 0.787. The summed E-state index contributed by atoms with van der Waals surface area (Å²) >= 11 is 11.5. The summed E-state index contributed by atoms with van der Waals surface area (Å²) in [7, 11) is -2.54. The number of carbonyl (C=O) groups is 1. The van der Waals surface area contributed by atoms with Gasteiger partial charge in [-0.1, -0.05) is 23.2 Å². The standard InChI is InChI=1S/C14H12Cl2N2O4S/c1-22-13-7-4-10(16)8-12(13)14(19)17-18-23(20,21)11-5-2-9(15)3-6-11/h2-8,18H,1H3,(H,17,19). The average Bonchev–Trinajstić information content (AvgIpc) is 2.53. The van der Waals surface area contributed by atoms with Gasteiger partial charge in [-0.3, -0.25) is 10.2 Å². The van der Waals surface area contributed by atoms with Gasteiger partial charge in [0.25, 0.3) is 15.9 Å². The monoisotopic (exact) mass is 374 g/mol. The molecule has 122 valence electrons. The number of halogens is 2. The van der Waals surface area contributed by atoms with Gasteiger partial charge in [-0.05, 0) is 42.5 Å². The second-order valence-electron chi connectivity index (χ2n) is 4.36. The zero-order valence-electron chi connectivity index (χ0n) is 11.8. The van der Waals surface area contributed by atoms with E-state index >= 15 is 0 Å². The maximum absolute atomic E-state index is 12.1. The van der Waals surface area contributed by atoms with E-state index in [1.165, 1.54) is 43.5 Å². The highest BCUT2D eigenvalue weighted by Crippen LogP contribution is 2.22. The predicted octanol–water partition coefficient (Wildman–Crippen LogP) is 2.63. The van der Waals surface area contributed by atoms with Crippen LogP contribution >= 0.6 is 23.2 Å². The second kappa shape index (κ2) is 7.18. The van der Waals surface area contributed by atoms with E-state index in [1.54, 1.807) is 6.07 Å². The third-order valence-electron chi connectivity index (χ3n) is 2.83. The smallest absolute Gasteiger partial charge is 0.270 e. The van der Waals surface area contributed by atoms with E-state index in [0.29, 0.717) is 10.0 Å². The molecule has 0 saturated carbocycles. The maximum atomic E-state index is 12.1. The average molecular weight is 375 g/mol. The number of hydrogen-bond donors (Lipinski definition) is 2. The normalized spacial score (nSPS) is 11.1. The number of sulfonamides is 1. The lowest BCUT2D eigenvalue weighted by atomic mass is 10.2. The van der Waals surface area contributed by atoms with Gasteiger partial charge in [-0.25, -0.2) is 8.42 Å². The van der Waals surface area contributed by atoms with Gasteiger partial charge in [0.1, 0.15) is 5.75 Å². The van der Waals surface area contributed by atoms with Crippen LogP contribution < -0.4 is 15.0 Å². The van der Waals surface area contributed by atoms with Crippen LogP contribution in [0.25, 0.3) is 0 Å². The summed E-state index contributed by atoms with van der Waals surface area (Å²) in [6.45, 7) is 0. The number of amides is 1. The molecule has 0 spiro atoms. The minimum Gasteiger partial charge on any atom is -0.496 e. The van der Waals surface area contributed by atoms with Crippen molar-refractivity contribution in [1.82, 2.24) is 10.3 Å². The molecule has 0 aliphatic carbocycles. The molecule has 0 fully saturated rings. The molecular formula is C14H12Cl2N2O4S. The molecule has 23 heavy (non-hydrogen) atoms. The highest BCUT2D eigenvalue weighted by molar-refractivity contribution is 7.89. The van der Waals surface area contributed by atoms with Crippen LogP contribution in [0.1, 0.15) is 10.4 Å². The molecule has 9 heteroatoms. The van der Waals surface area contributed by atoms with Gasteiger partial charge in [0.15, 0.2) is 0 Å². The van der Waals surface area contributed by atoms with Crippen molar-refractivity contribution in [2.24, 2.45) is 0 Å². The molecule has 0 aromatic heterocycles. The van der Waals surface area contributed by atoms with Gasteiger partial charge in [0.05, 0.1) is 17.6 Å². The molecule has 2 rings (SSSR count). The van der Waals surface area contributed by atoms with E-state index in [-0.39, 0.29) is 16.2 Å². The van der Waals surface area contributed by atoms with Gasteiger partial charge >= 0.3 is 0 Å². The Bertz CT molecular complexity index is 823. The van der Waals surface area contributed by atoms with Crippen LogP contribution in [-0.2, 0) is 10.0 Å². The number of carbonyl (C=O) groups excluding carboxylic acids is 1. The molecule has 0 heterocycles. The van der Waals surface area contributed by atoms with E-state index in [2.05, 4.69) is 5.43 Å². The zero-order valence-corrected chi connectivity index (χ0v) is 14.2. The van der Waals surface area contributed by atoms with Crippen LogP contribution in [0.5, 0.6) is 5.75 Å². The van der Waals surface area contributed by atoms with E-state index in [4.69, 9.17) is 27.9 Å². The second-order valence-corrected chi connectivity index (χ2v) is 6.91. The predicted molar refractivity (Wildman–Crippen MR) is 87.2 cm³/mol. The van der Waals surface area contributed by atoms with Gasteiger partial charge in [-0.15, -0.1) is 4.83 Å². The van der Waals surface area contributed by atoms with E-state index in [9.17, 15) is 13.2 Å². The summed E-state index contributed by atoms with van der Waals surface area (Å²) in [5, 5.41) is 0.716. The summed E-state index contributed by atoms with van der Waals surface area (Å²) < 4.78 is 29.2. The van der Waals surface area contributed by atoms with Gasteiger partial charge in [0.2, 0.25) is 0 Å². The van der Waals surface area contributed by atoms with Crippen molar-refractivity contribution >= 4 is 39.1 Å². The Balaban J connectivity index is 2.15. The lowest BCUT2D eigenvalue weighted by Gasteiger charge is -2.11. The third kappa shape index (κ3) is 4.35. The van der Waals surface area contributed by atoms with Gasteiger partial charge in [-0.2, -0.15) is 0 Å². The largest absolute Gasteiger partial charge is 0.496 e. The van der Waals surface area contributed by atoms with Gasteiger partial charge in [0, 0.05) is 10.0 Å². The number of ether oxygens (including phenoxy) is 1. The van der Waals surface area contributed by atoms with Crippen molar-refractivity contribution in [1.29, 1.82) is 0 Å². The first-order valence-electron chi connectivity index (χ1n) is 6.25. The zero-order chi connectivity index (χ0) is 17.0. The van der Waals surface area contributed by atoms with Crippen LogP contribution in [0.2, 0.25) is 10.0 Å². The molecule has 6 nitrogen and oxygen atoms in total. The Kier molecular flexibility index (Phi) is 5.48. The van der Waals surface area contributed by atoms with Crippen molar-refractivity contribution < 1.29 is 17.9 Å². The molecule has 2 aromatic rings. The molecule has 0 bridgehead atoms. The minimum absolute atomic E-state index is 0.0414. The van der Waals surface area contributed by atoms with Crippen molar-refractivity contribution in [3.05, 3.63) is 58.1 Å². The first-order chi connectivity index (χ1) is 10.8. The van der Waals surface area contributed by atoms with Crippen LogP contribution in [-0.4, -0.2) is 21.4 Å². The van der Waals surface area contributed by atoms with Gasteiger partial charge < -0.3 is 4.74 Å². The first kappa shape index (κ1) is 17.6. The molecule has 0 aliphatic rings. The topological polar surface area (TPSA) is 84.5 Å². The summed E-state index contributed by atoms with van der Waals surface area (Å²) in [5.41, 5.74) is 2.20. The van der Waals surface area contributed by atoms with Crippen LogP contribution in [0, 0.1) is 0 Å². The number of methoxy groups -OCH3 is 1. The number of hydrazine groups is 1. The molecular weight excluding hydrogens is 363 g/mol. The van der Waals surface area contributed by atoms with Crippen LogP contribution in [0.3, 0.4) is 0 Å². The molecule has 2 N–H and O–H groups in total. The van der Waals surface area contributed by atoms with E-state index < -0.39 is 15.9 Å². The number of benzene rings is 2. The Morgan fingerprint density at radius 2 is 1.65 bits per heavy atom. The fourth-order valence-electron chi connectivity index (χ4n) is 1.71. The third-order valence-corrected chi connectivity index (χ3v) is 4.58. The lowest BCUT2D eigenvalue weighted by Crippen LogP contribution is -2.41. The molecule has 2 aromatic carbocycles. The highest BCUT2D eigenvalue weighted by Gasteiger charge is 2.18. The fraction of sp³-hybridized carbons (Fsp3) is 0.0714. The minimum atomic E-state index is -3.92. The Morgan fingerprint density at radius 3 is 2.26 bits per heavy atom. The maximum Gasteiger partial charge on any atom is 0.270 e. The summed E-state index contributed by atoms with van der Waals surface area (Å²) in [5.74, 6) is -0.445. The van der Waals surface area contributed by atoms with Crippen molar-refractivity contribution in [2.75, 3.05) is 7.11 Å². The van der Waals surface area contributed by atoms with Crippen LogP contribution in [0.15, 0.2) is 47.4 Å². The fourth-order valence-corrected chi connectivity index (χ4v) is 2.85. The summed E-state index contributed by atoms with van der Waals surface area (Å²) in [6.07, 6.45) is 0. The Morgan fingerprint density at radius 1 is 1.04 bits per heavy atom. The molecule has 1 amide bonds. The number of rotatable bonds is 5. The summed E-state index contributed by atoms with van der Waals surface area (Å²) in [4.78, 5) is 14.1. The van der Waals surface area contributed by atoms with Crippen molar-refractivity contribution in [3.63, 3.8) is 0 Å². The Labute approximate surface area is 143 Å². The van der Waals surface area contributed by atoms with E-state index in [0.717, 1.165) is 0 Å². The number of hydrogen-bond acceptors (Lipinski definition) is 4. The van der Waals surface area contributed by atoms with E-state index in [1.807, 2.05) is 4.83 Å². The van der Waals surface area contributed by atoms with Crippen molar-refractivity contribution in [2.45, 2.75) is 4.90 Å². The van der Waals surface area contributed by atoms with Crippen molar-refractivity contribution in [3.8, 4) is 5.75 Å². The highest BCUT2D eigenvalue weighted by atomic mass is 35.5. The number of nitrogens with one attached hydrogen (secondary N) is 2. The molecule has 0 atom stereocenters. The lowest BCUT2D eigenvalue weighted by molar-refractivity contribution is 0.0942. The SMILES string of the molecule is COc1ccc(Cl)cc1C(=O)NNS(=O)(=O)c1ccc(Cl)cc1. The molecule has 0 radical (unpaired) electrons. The Hall–Kier alpha value is -1.80.